The van der Waals surface area contributed by atoms with Crippen LogP contribution in [0, 0.1) is 0 Å². The van der Waals surface area contributed by atoms with E-state index in [9.17, 15) is 9.59 Å². The maximum Gasteiger partial charge on any atom is 0.252 e. The van der Waals surface area contributed by atoms with Crippen molar-refractivity contribution in [2.24, 2.45) is 0 Å². The molecule has 94 valence electrons. The molecule has 6 heteroatoms. The van der Waals surface area contributed by atoms with Gasteiger partial charge < -0.3 is 15.6 Å². The van der Waals surface area contributed by atoms with Crippen LogP contribution in [-0.2, 0) is 4.79 Å². The summed E-state index contributed by atoms with van der Waals surface area (Å²) in [6.45, 7) is 4.44. The highest BCUT2D eigenvalue weighted by Gasteiger charge is 2.04. The first kappa shape index (κ1) is 13.2. The Bertz CT molecular complexity index is 416. The summed E-state index contributed by atoms with van der Waals surface area (Å²) in [6.07, 6.45) is 2.59. The molecule has 0 bridgehead atoms. The van der Waals surface area contributed by atoms with E-state index in [2.05, 4.69) is 20.6 Å². The van der Waals surface area contributed by atoms with E-state index in [0.717, 1.165) is 6.42 Å². The lowest BCUT2D eigenvalue weighted by Gasteiger charge is -2.11. The van der Waals surface area contributed by atoms with Crippen molar-refractivity contribution < 1.29 is 4.79 Å². The normalized spacial score (nSPS) is 11.9. The van der Waals surface area contributed by atoms with E-state index in [0.29, 0.717) is 18.8 Å². The zero-order valence-electron chi connectivity index (χ0n) is 10.1. The Morgan fingerprint density at radius 1 is 1.59 bits per heavy atom. The van der Waals surface area contributed by atoms with Crippen LogP contribution in [0.1, 0.15) is 26.7 Å². The van der Waals surface area contributed by atoms with Gasteiger partial charge in [-0.1, -0.05) is 6.92 Å². The Balaban J connectivity index is 2.28. The molecule has 1 amide bonds. The van der Waals surface area contributed by atoms with Crippen molar-refractivity contribution >= 4 is 11.7 Å². The van der Waals surface area contributed by atoms with E-state index < -0.39 is 0 Å². The number of anilines is 1. The van der Waals surface area contributed by atoms with Crippen LogP contribution in [0.2, 0.25) is 0 Å². The highest BCUT2D eigenvalue weighted by Crippen LogP contribution is 1.95. The fourth-order valence-corrected chi connectivity index (χ4v) is 1.22. The van der Waals surface area contributed by atoms with E-state index in [1.165, 1.54) is 12.4 Å². The van der Waals surface area contributed by atoms with Crippen molar-refractivity contribution in [1.82, 2.24) is 15.3 Å². The number of rotatable bonds is 6. The van der Waals surface area contributed by atoms with Crippen LogP contribution in [-0.4, -0.2) is 28.5 Å². The predicted octanol–water partition coefficient (Wildman–Crippen LogP) is 0.487. The molecule has 1 aromatic rings. The first-order valence-electron chi connectivity index (χ1n) is 5.69. The van der Waals surface area contributed by atoms with Crippen molar-refractivity contribution in [3.63, 3.8) is 0 Å². The van der Waals surface area contributed by atoms with Crippen LogP contribution in [0.25, 0.3) is 0 Å². The third kappa shape index (κ3) is 5.14. The maximum absolute atomic E-state index is 11.4. The van der Waals surface area contributed by atoms with E-state index in [4.69, 9.17) is 0 Å². The van der Waals surface area contributed by atoms with Crippen LogP contribution in [0.5, 0.6) is 0 Å². The summed E-state index contributed by atoms with van der Waals surface area (Å²) >= 11 is 0. The van der Waals surface area contributed by atoms with Gasteiger partial charge in [-0.05, 0) is 13.3 Å². The maximum atomic E-state index is 11.4. The minimum atomic E-state index is -0.216. The van der Waals surface area contributed by atoms with Gasteiger partial charge in [0.05, 0.1) is 6.33 Å². The van der Waals surface area contributed by atoms with Gasteiger partial charge in [-0.3, -0.25) is 9.59 Å². The predicted molar refractivity (Wildman–Crippen MR) is 65.9 cm³/mol. The molecule has 0 aliphatic carbocycles. The fraction of sp³-hybridized carbons (Fsp3) is 0.545. The molecule has 0 spiro atoms. The molecule has 0 radical (unpaired) electrons. The van der Waals surface area contributed by atoms with Crippen molar-refractivity contribution in [3.8, 4) is 0 Å². The molecular weight excluding hydrogens is 220 g/mol. The SMILES string of the molecule is CCC(C)NC(=O)CCNc1cc(=O)[nH]cn1. The van der Waals surface area contributed by atoms with Gasteiger partial charge in [0, 0.05) is 25.1 Å². The highest BCUT2D eigenvalue weighted by atomic mass is 16.1. The molecule has 1 heterocycles. The van der Waals surface area contributed by atoms with E-state index in [1.54, 1.807) is 0 Å². The molecule has 1 rings (SSSR count). The smallest absolute Gasteiger partial charge is 0.252 e. The number of hydrogen-bond acceptors (Lipinski definition) is 4. The van der Waals surface area contributed by atoms with Gasteiger partial charge in [-0.2, -0.15) is 0 Å². The number of aromatic nitrogens is 2. The first-order chi connectivity index (χ1) is 8.11. The molecule has 1 unspecified atom stereocenters. The van der Waals surface area contributed by atoms with Gasteiger partial charge in [-0.25, -0.2) is 4.98 Å². The van der Waals surface area contributed by atoms with Gasteiger partial charge in [-0.15, -0.1) is 0 Å². The number of aromatic amines is 1. The summed E-state index contributed by atoms with van der Waals surface area (Å²) in [5.41, 5.74) is -0.216. The van der Waals surface area contributed by atoms with E-state index in [1.807, 2.05) is 13.8 Å². The zero-order valence-corrected chi connectivity index (χ0v) is 10.1. The molecule has 6 nitrogen and oxygen atoms in total. The zero-order chi connectivity index (χ0) is 12.7. The van der Waals surface area contributed by atoms with Crippen molar-refractivity contribution in [2.45, 2.75) is 32.7 Å². The molecule has 0 saturated carbocycles. The summed E-state index contributed by atoms with van der Waals surface area (Å²) in [5.74, 6) is 0.474. The Hall–Kier alpha value is -1.85. The largest absolute Gasteiger partial charge is 0.369 e. The van der Waals surface area contributed by atoms with Crippen molar-refractivity contribution in [1.29, 1.82) is 0 Å². The third-order valence-electron chi connectivity index (χ3n) is 2.36. The standard InChI is InChI=1S/C11H18N4O2/c1-3-8(2)15-10(16)4-5-12-9-6-11(17)14-7-13-9/h6-8H,3-5H2,1-2H3,(H,15,16)(H2,12,13,14,17). The lowest BCUT2D eigenvalue weighted by molar-refractivity contribution is -0.121. The second kappa shape index (κ2) is 6.67. The number of amides is 1. The van der Waals surface area contributed by atoms with Crippen LogP contribution in [0.3, 0.4) is 0 Å². The third-order valence-corrected chi connectivity index (χ3v) is 2.36. The summed E-state index contributed by atoms with van der Waals surface area (Å²) in [7, 11) is 0. The molecule has 17 heavy (non-hydrogen) atoms. The van der Waals surface area contributed by atoms with Gasteiger partial charge in [0.1, 0.15) is 5.82 Å². The number of carbonyl (C=O) groups is 1. The number of hydrogen-bond donors (Lipinski definition) is 3. The van der Waals surface area contributed by atoms with Gasteiger partial charge in [0.2, 0.25) is 5.91 Å². The second-order valence-electron chi connectivity index (χ2n) is 3.85. The fourth-order valence-electron chi connectivity index (χ4n) is 1.22. The molecule has 1 aromatic heterocycles. The summed E-state index contributed by atoms with van der Waals surface area (Å²) in [4.78, 5) is 28.7. The molecule has 0 aliphatic rings. The lowest BCUT2D eigenvalue weighted by Crippen LogP contribution is -2.33. The summed E-state index contributed by atoms with van der Waals surface area (Å²) in [6, 6.07) is 1.55. The number of nitrogens with one attached hydrogen (secondary N) is 3. The van der Waals surface area contributed by atoms with Crippen LogP contribution < -0.4 is 16.2 Å². The van der Waals surface area contributed by atoms with Gasteiger partial charge >= 0.3 is 0 Å². The summed E-state index contributed by atoms with van der Waals surface area (Å²) < 4.78 is 0. The Labute approximate surface area is 99.8 Å². The number of carbonyl (C=O) groups excluding carboxylic acids is 1. The second-order valence-corrected chi connectivity index (χ2v) is 3.85. The molecule has 3 N–H and O–H groups in total. The number of nitrogens with zero attached hydrogens (tertiary/aromatic N) is 1. The van der Waals surface area contributed by atoms with Crippen molar-refractivity contribution in [3.05, 3.63) is 22.7 Å². The Morgan fingerprint density at radius 2 is 2.35 bits per heavy atom. The van der Waals surface area contributed by atoms with Crippen molar-refractivity contribution in [2.75, 3.05) is 11.9 Å². The average molecular weight is 238 g/mol. The lowest BCUT2D eigenvalue weighted by atomic mass is 10.2. The topological polar surface area (TPSA) is 86.9 Å². The monoisotopic (exact) mass is 238 g/mol. The molecule has 0 fully saturated rings. The average Bonchev–Trinajstić information content (AvgIpc) is 2.29. The van der Waals surface area contributed by atoms with Gasteiger partial charge in [0.25, 0.3) is 5.56 Å². The summed E-state index contributed by atoms with van der Waals surface area (Å²) in [5, 5.41) is 5.78. The van der Waals surface area contributed by atoms with Crippen LogP contribution in [0.15, 0.2) is 17.2 Å². The highest BCUT2D eigenvalue weighted by molar-refractivity contribution is 5.76. The Morgan fingerprint density at radius 3 is 3.00 bits per heavy atom. The molecule has 0 saturated heterocycles. The molecular formula is C11H18N4O2. The Kier molecular flexibility index (Phi) is 5.19. The van der Waals surface area contributed by atoms with E-state index in [-0.39, 0.29) is 17.5 Å². The first-order valence-corrected chi connectivity index (χ1v) is 5.69. The minimum Gasteiger partial charge on any atom is -0.369 e. The quantitative estimate of drug-likeness (QED) is 0.673. The molecule has 0 aliphatic heterocycles. The van der Waals surface area contributed by atoms with E-state index >= 15 is 0 Å². The van der Waals surface area contributed by atoms with Crippen LogP contribution >= 0.6 is 0 Å². The van der Waals surface area contributed by atoms with Crippen LogP contribution in [0.4, 0.5) is 5.82 Å². The molecule has 1 atom stereocenters. The minimum absolute atomic E-state index is 0.00306. The number of H-pyrrole nitrogens is 1. The molecule has 0 aromatic carbocycles. The van der Waals surface area contributed by atoms with Gasteiger partial charge in [0.15, 0.2) is 0 Å².